The van der Waals surface area contributed by atoms with Crippen LogP contribution in [0.25, 0.3) is 11.8 Å². The normalized spacial score (nSPS) is 18.3. The number of hydrogen-bond acceptors (Lipinski definition) is 3. The first-order valence-electron chi connectivity index (χ1n) is 9.06. The molecule has 0 saturated carbocycles. The van der Waals surface area contributed by atoms with Crippen LogP contribution in [0, 0.1) is 11.2 Å². The first-order valence-corrected chi connectivity index (χ1v) is 9.06. The molecule has 0 bridgehead atoms. The zero-order valence-electron chi connectivity index (χ0n) is 15.6. The van der Waals surface area contributed by atoms with Gasteiger partial charge in [0.15, 0.2) is 0 Å². The van der Waals surface area contributed by atoms with E-state index in [0.29, 0.717) is 12.0 Å². The van der Waals surface area contributed by atoms with E-state index < -0.39 is 17.0 Å². The van der Waals surface area contributed by atoms with Gasteiger partial charge < -0.3 is 0 Å². The van der Waals surface area contributed by atoms with E-state index >= 15 is 0 Å². The fraction of sp³-hybridized carbons (Fsp3) is 0.174. The highest BCUT2D eigenvalue weighted by atomic mass is 19.1. The van der Waals surface area contributed by atoms with Gasteiger partial charge in [-0.05, 0) is 56.2 Å². The van der Waals surface area contributed by atoms with E-state index in [1.807, 2.05) is 19.1 Å². The average molecular weight is 374 g/mol. The molecule has 5 heteroatoms. The van der Waals surface area contributed by atoms with E-state index in [4.69, 9.17) is 0 Å². The lowest BCUT2D eigenvalue weighted by Crippen LogP contribution is -2.38. The predicted molar refractivity (Wildman–Crippen MR) is 105 cm³/mol. The molecule has 0 spiro atoms. The Morgan fingerprint density at radius 3 is 2.43 bits per heavy atom. The largest absolute Gasteiger partial charge is 0.289 e. The molecule has 2 aromatic carbocycles. The van der Waals surface area contributed by atoms with Gasteiger partial charge >= 0.3 is 0 Å². The molecule has 1 aliphatic rings. The fourth-order valence-electron chi connectivity index (χ4n) is 3.59. The molecule has 1 atom stereocenters. The lowest BCUT2D eigenvalue weighted by Gasteiger charge is -2.32. The summed E-state index contributed by atoms with van der Waals surface area (Å²) in [6.07, 6.45) is 3.99. The van der Waals surface area contributed by atoms with E-state index in [1.54, 1.807) is 54.2 Å². The second-order valence-electron chi connectivity index (χ2n) is 7.30. The van der Waals surface area contributed by atoms with Crippen LogP contribution in [0.4, 0.5) is 4.39 Å². The Bertz CT molecular complexity index is 1100. The maximum Gasteiger partial charge on any atom is 0.229 e. The Kier molecular flexibility index (Phi) is 4.30. The number of hydrogen-bond donors (Lipinski definition) is 0. The van der Waals surface area contributed by atoms with Crippen LogP contribution in [0.2, 0.25) is 0 Å². The number of rotatable bonds is 4. The molecule has 3 aromatic rings. The van der Waals surface area contributed by atoms with Gasteiger partial charge in [-0.1, -0.05) is 35.9 Å². The van der Waals surface area contributed by atoms with Crippen molar-refractivity contribution in [2.75, 3.05) is 0 Å². The van der Waals surface area contributed by atoms with E-state index in [0.717, 1.165) is 22.5 Å². The monoisotopic (exact) mass is 374 g/mol. The third-order valence-corrected chi connectivity index (χ3v) is 5.47. The summed E-state index contributed by atoms with van der Waals surface area (Å²) in [5.41, 5.74) is 2.75. The summed E-state index contributed by atoms with van der Waals surface area (Å²) in [7, 11) is 0. The summed E-state index contributed by atoms with van der Waals surface area (Å²) in [6.45, 7) is 3.67. The SMILES string of the molecule is CC1=Cc2c(cnn2-c2ccc(F)cc2)C[C@]1(C)C(=O)C(=O)c1ccccc1. The lowest BCUT2D eigenvalue weighted by molar-refractivity contribution is -0.121. The van der Waals surface area contributed by atoms with Crippen LogP contribution in [-0.2, 0) is 11.2 Å². The Hall–Kier alpha value is -3.34. The lowest BCUT2D eigenvalue weighted by atomic mass is 9.69. The maximum absolute atomic E-state index is 13.2. The molecule has 4 rings (SSSR count). The van der Waals surface area contributed by atoms with Crippen LogP contribution in [0.3, 0.4) is 0 Å². The van der Waals surface area contributed by atoms with Crippen LogP contribution in [0.15, 0.2) is 66.4 Å². The number of allylic oxidation sites excluding steroid dienone is 1. The van der Waals surface area contributed by atoms with Crippen LogP contribution in [0.1, 0.15) is 35.5 Å². The summed E-state index contributed by atoms with van der Waals surface area (Å²) in [5.74, 6) is -1.22. The van der Waals surface area contributed by atoms with Gasteiger partial charge in [0, 0.05) is 5.56 Å². The van der Waals surface area contributed by atoms with E-state index in [1.165, 1.54) is 12.1 Å². The molecule has 1 aliphatic carbocycles. The van der Waals surface area contributed by atoms with E-state index in [9.17, 15) is 14.0 Å². The summed E-state index contributed by atoms with van der Waals surface area (Å²) in [5, 5.41) is 4.41. The predicted octanol–water partition coefficient (Wildman–Crippen LogP) is 4.43. The van der Waals surface area contributed by atoms with Gasteiger partial charge in [0.05, 0.1) is 23.0 Å². The molecule has 0 amide bonds. The van der Waals surface area contributed by atoms with Crippen molar-refractivity contribution in [3.63, 3.8) is 0 Å². The van der Waals surface area contributed by atoms with Crippen molar-refractivity contribution in [2.24, 2.45) is 5.41 Å². The molecule has 0 unspecified atom stereocenters. The summed E-state index contributed by atoms with van der Waals surface area (Å²) < 4.78 is 14.9. The number of ketones is 2. The standard InChI is InChI=1S/C23H19FN2O2/c1-15-12-20-17(14-25-26(20)19-10-8-18(24)9-11-19)13-23(15,2)22(28)21(27)16-6-4-3-5-7-16/h3-12,14H,13H2,1-2H3/t23-/m0/s1. The minimum atomic E-state index is -0.920. The second kappa shape index (κ2) is 6.68. The number of aromatic nitrogens is 2. The molecule has 1 heterocycles. The Morgan fingerprint density at radius 1 is 1.07 bits per heavy atom. The molecular weight excluding hydrogens is 355 g/mol. The molecule has 4 nitrogen and oxygen atoms in total. The highest BCUT2D eigenvalue weighted by molar-refractivity contribution is 6.46. The van der Waals surface area contributed by atoms with Gasteiger partial charge in [0.25, 0.3) is 0 Å². The number of carbonyl (C=O) groups is 2. The van der Waals surface area contributed by atoms with E-state index in [-0.39, 0.29) is 5.82 Å². The van der Waals surface area contributed by atoms with Crippen molar-refractivity contribution in [1.29, 1.82) is 0 Å². The van der Waals surface area contributed by atoms with Crippen molar-refractivity contribution >= 4 is 17.6 Å². The molecule has 0 aliphatic heterocycles. The number of Topliss-reactive ketones (excluding diaryl/α,β-unsaturated/α-hetero) is 2. The molecule has 140 valence electrons. The molecule has 0 fully saturated rings. The number of benzene rings is 2. The number of carbonyl (C=O) groups excluding carboxylic acids is 2. The van der Waals surface area contributed by atoms with Gasteiger partial charge in [-0.15, -0.1) is 0 Å². The molecule has 0 N–H and O–H groups in total. The van der Waals surface area contributed by atoms with Crippen LogP contribution in [0.5, 0.6) is 0 Å². The van der Waals surface area contributed by atoms with Crippen molar-refractivity contribution in [3.05, 3.63) is 89.0 Å². The van der Waals surface area contributed by atoms with Crippen LogP contribution < -0.4 is 0 Å². The smallest absolute Gasteiger partial charge is 0.229 e. The van der Waals surface area contributed by atoms with Crippen LogP contribution in [-0.4, -0.2) is 21.3 Å². The van der Waals surface area contributed by atoms with Crippen molar-refractivity contribution < 1.29 is 14.0 Å². The zero-order valence-corrected chi connectivity index (χ0v) is 15.6. The molecular formula is C23H19FN2O2. The minimum Gasteiger partial charge on any atom is -0.289 e. The summed E-state index contributed by atoms with van der Waals surface area (Å²) >= 11 is 0. The molecule has 0 radical (unpaired) electrons. The number of halogens is 1. The molecule has 28 heavy (non-hydrogen) atoms. The fourth-order valence-corrected chi connectivity index (χ4v) is 3.59. The van der Waals surface area contributed by atoms with E-state index in [2.05, 4.69) is 5.10 Å². The van der Waals surface area contributed by atoms with Gasteiger partial charge in [0.1, 0.15) is 5.82 Å². The second-order valence-corrected chi connectivity index (χ2v) is 7.30. The number of nitrogens with zero attached hydrogens (tertiary/aromatic N) is 2. The summed E-state index contributed by atoms with van der Waals surface area (Å²) in [6, 6.07) is 14.7. The maximum atomic E-state index is 13.2. The van der Waals surface area contributed by atoms with Gasteiger partial charge in [-0.2, -0.15) is 5.10 Å². The highest BCUT2D eigenvalue weighted by Crippen LogP contribution is 2.40. The third-order valence-electron chi connectivity index (χ3n) is 5.47. The first kappa shape index (κ1) is 18.0. The minimum absolute atomic E-state index is 0.311. The molecule has 0 saturated heterocycles. The zero-order chi connectivity index (χ0) is 19.9. The number of fused-ring (bicyclic) bond motifs is 1. The van der Waals surface area contributed by atoms with Gasteiger partial charge in [0.2, 0.25) is 11.6 Å². The van der Waals surface area contributed by atoms with Crippen molar-refractivity contribution in [1.82, 2.24) is 9.78 Å². The van der Waals surface area contributed by atoms with Crippen LogP contribution >= 0.6 is 0 Å². The Morgan fingerprint density at radius 2 is 1.75 bits per heavy atom. The summed E-state index contributed by atoms with van der Waals surface area (Å²) in [4.78, 5) is 25.8. The Balaban J connectivity index is 1.70. The topological polar surface area (TPSA) is 52.0 Å². The highest BCUT2D eigenvalue weighted by Gasteiger charge is 2.42. The Labute approximate surface area is 162 Å². The quantitative estimate of drug-likeness (QED) is 0.501. The average Bonchev–Trinajstić information content (AvgIpc) is 3.10. The van der Waals surface area contributed by atoms with Crippen molar-refractivity contribution in [3.8, 4) is 5.69 Å². The van der Waals surface area contributed by atoms with Crippen molar-refractivity contribution in [2.45, 2.75) is 20.3 Å². The van der Waals surface area contributed by atoms with Gasteiger partial charge in [-0.3, -0.25) is 9.59 Å². The first-order chi connectivity index (χ1) is 13.4. The molecule has 1 aromatic heterocycles. The third kappa shape index (κ3) is 2.89. The van der Waals surface area contributed by atoms with Gasteiger partial charge in [-0.25, -0.2) is 9.07 Å².